The van der Waals surface area contributed by atoms with Crippen molar-refractivity contribution >= 4 is 17.5 Å². The van der Waals surface area contributed by atoms with Gasteiger partial charge in [-0.3, -0.25) is 14.7 Å². The number of hydrogen-bond donors (Lipinski definition) is 2. The molecule has 3 aromatic rings. The van der Waals surface area contributed by atoms with Gasteiger partial charge in [-0.2, -0.15) is 5.10 Å². The molecule has 3 heterocycles. The summed E-state index contributed by atoms with van der Waals surface area (Å²) in [5, 5.41) is 10.3. The molecule has 1 atom stereocenters. The number of H-pyrrole nitrogens is 1. The van der Waals surface area contributed by atoms with Crippen LogP contribution in [0.5, 0.6) is 0 Å². The van der Waals surface area contributed by atoms with Gasteiger partial charge in [0.05, 0.1) is 12.2 Å². The number of furan rings is 1. The topological polar surface area (TPSA) is 91.2 Å². The Morgan fingerprint density at radius 1 is 1.13 bits per heavy atom. The molecule has 5 rings (SSSR count). The summed E-state index contributed by atoms with van der Waals surface area (Å²) in [5.74, 6) is 0.457. The number of aromatic nitrogens is 2. The molecular weight excluding hydrogens is 380 g/mol. The van der Waals surface area contributed by atoms with E-state index >= 15 is 0 Å². The Bertz CT molecular complexity index is 1050. The Hall–Kier alpha value is -3.35. The van der Waals surface area contributed by atoms with Crippen molar-refractivity contribution in [2.24, 2.45) is 5.92 Å². The summed E-state index contributed by atoms with van der Waals surface area (Å²) < 4.78 is 5.40. The number of hydrogen-bond acceptors (Lipinski definition) is 4. The van der Waals surface area contributed by atoms with Gasteiger partial charge in [-0.05, 0) is 68.5 Å². The van der Waals surface area contributed by atoms with Crippen LogP contribution in [0.15, 0.2) is 47.1 Å². The Morgan fingerprint density at radius 3 is 2.80 bits per heavy atom. The number of anilines is 1. The van der Waals surface area contributed by atoms with Gasteiger partial charge in [-0.25, -0.2) is 0 Å². The molecule has 30 heavy (non-hydrogen) atoms. The van der Waals surface area contributed by atoms with Crippen LogP contribution in [0.1, 0.15) is 41.0 Å². The molecule has 2 aliphatic rings. The summed E-state index contributed by atoms with van der Waals surface area (Å²) in [6, 6.07) is 11.3. The first-order valence-electron chi connectivity index (χ1n) is 10.5. The van der Waals surface area contributed by atoms with Crippen LogP contribution in [0.25, 0.3) is 11.3 Å². The van der Waals surface area contributed by atoms with Crippen molar-refractivity contribution in [1.29, 1.82) is 0 Å². The zero-order chi connectivity index (χ0) is 20.5. The normalized spacial score (nSPS) is 18.3. The van der Waals surface area contributed by atoms with E-state index in [1.165, 1.54) is 0 Å². The van der Waals surface area contributed by atoms with E-state index in [-0.39, 0.29) is 17.7 Å². The number of benzene rings is 1. The van der Waals surface area contributed by atoms with Gasteiger partial charge in [-0.1, -0.05) is 0 Å². The summed E-state index contributed by atoms with van der Waals surface area (Å²) >= 11 is 0. The van der Waals surface area contributed by atoms with E-state index in [2.05, 4.69) is 15.5 Å². The average Bonchev–Trinajstić information content (AvgIpc) is 3.52. The van der Waals surface area contributed by atoms with Crippen molar-refractivity contribution in [3.05, 3.63) is 59.6 Å². The number of aromatic amines is 1. The molecule has 2 aromatic heterocycles. The molecule has 1 aliphatic carbocycles. The van der Waals surface area contributed by atoms with Crippen molar-refractivity contribution in [3.8, 4) is 11.3 Å². The summed E-state index contributed by atoms with van der Waals surface area (Å²) in [4.78, 5) is 27.6. The van der Waals surface area contributed by atoms with E-state index in [1.807, 2.05) is 36.4 Å². The van der Waals surface area contributed by atoms with Crippen LogP contribution in [0, 0.1) is 5.92 Å². The molecule has 0 unspecified atom stereocenters. The molecule has 0 saturated carbocycles. The summed E-state index contributed by atoms with van der Waals surface area (Å²) in [7, 11) is 0. The van der Waals surface area contributed by atoms with Gasteiger partial charge in [0.2, 0.25) is 5.91 Å². The SMILES string of the molecule is O=C(Nc1ccc(-c2ccco2)cc1)[C@@H]1CCCN(C(=O)c2n[nH]c3c2CCC3)C1. The predicted octanol–water partition coefficient (Wildman–Crippen LogP) is 3.65. The van der Waals surface area contributed by atoms with Gasteiger partial charge in [0.1, 0.15) is 5.76 Å². The number of nitrogens with one attached hydrogen (secondary N) is 2. The number of likely N-dealkylation sites (tertiary alicyclic amines) is 1. The van der Waals surface area contributed by atoms with Crippen molar-refractivity contribution in [1.82, 2.24) is 15.1 Å². The molecule has 1 fully saturated rings. The second-order valence-electron chi connectivity index (χ2n) is 8.02. The largest absolute Gasteiger partial charge is 0.464 e. The van der Waals surface area contributed by atoms with Crippen LogP contribution in [0.4, 0.5) is 5.69 Å². The van der Waals surface area contributed by atoms with Gasteiger partial charge >= 0.3 is 0 Å². The molecule has 0 bridgehead atoms. The smallest absolute Gasteiger partial charge is 0.274 e. The number of aryl methyl sites for hydroxylation is 1. The maximum absolute atomic E-state index is 13.0. The molecule has 7 heteroatoms. The molecule has 2 amide bonds. The van der Waals surface area contributed by atoms with Gasteiger partial charge in [0.25, 0.3) is 5.91 Å². The molecule has 0 radical (unpaired) electrons. The monoisotopic (exact) mass is 404 g/mol. The minimum absolute atomic E-state index is 0.0505. The molecule has 1 saturated heterocycles. The first-order valence-corrected chi connectivity index (χ1v) is 10.5. The van der Waals surface area contributed by atoms with E-state index in [0.29, 0.717) is 18.8 Å². The molecule has 0 spiro atoms. The third-order valence-corrected chi connectivity index (χ3v) is 6.05. The Kier molecular flexibility index (Phi) is 4.86. The Morgan fingerprint density at radius 2 is 2.00 bits per heavy atom. The maximum Gasteiger partial charge on any atom is 0.274 e. The number of rotatable bonds is 4. The first kappa shape index (κ1) is 18.7. The summed E-state index contributed by atoms with van der Waals surface area (Å²) in [6.45, 7) is 1.10. The number of amides is 2. The van der Waals surface area contributed by atoms with E-state index in [4.69, 9.17) is 4.42 Å². The number of nitrogens with zero attached hydrogens (tertiary/aromatic N) is 2. The fourth-order valence-corrected chi connectivity index (χ4v) is 4.43. The summed E-state index contributed by atoms with van der Waals surface area (Å²) in [5.41, 5.74) is 4.38. The van der Waals surface area contributed by atoms with Gasteiger partial charge < -0.3 is 14.6 Å². The minimum Gasteiger partial charge on any atom is -0.464 e. The lowest BCUT2D eigenvalue weighted by atomic mass is 9.96. The van der Waals surface area contributed by atoms with Crippen LogP contribution in [0.2, 0.25) is 0 Å². The van der Waals surface area contributed by atoms with Crippen LogP contribution in [0.3, 0.4) is 0 Å². The number of carbonyl (C=O) groups excluding carboxylic acids is 2. The van der Waals surface area contributed by atoms with Gasteiger partial charge in [0.15, 0.2) is 5.69 Å². The van der Waals surface area contributed by atoms with E-state index < -0.39 is 0 Å². The number of piperidine rings is 1. The zero-order valence-corrected chi connectivity index (χ0v) is 16.7. The molecular formula is C23H24N4O3. The highest BCUT2D eigenvalue weighted by Gasteiger charge is 2.32. The molecule has 7 nitrogen and oxygen atoms in total. The van der Waals surface area contributed by atoms with Crippen molar-refractivity contribution in [3.63, 3.8) is 0 Å². The van der Waals surface area contributed by atoms with Crippen molar-refractivity contribution < 1.29 is 14.0 Å². The maximum atomic E-state index is 13.0. The van der Waals surface area contributed by atoms with E-state index in [1.54, 1.807) is 11.2 Å². The van der Waals surface area contributed by atoms with Crippen LogP contribution >= 0.6 is 0 Å². The molecule has 154 valence electrons. The molecule has 1 aliphatic heterocycles. The quantitative estimate of drug-likeness (QED) is 0.694. The third-order valence-electron chi connectivity index (χ3n) is 6.05. The number of fused-ring (bicyclic) bond motifs is 1. The van der Waals surface area contributed by atoms with Crippen LogP contribution < -0.4 is 5.32 Å². The van der Waals surface area contributed by atoms with E-state index in [9.17, 15) is 9.59 Å². The fraction of sp³-hybridized carbons (Fsp3) is 0.348. The zero-order valence-electron chi connectivity index (χ0n) is 16.7. The van der Waals surface area contributed by atoms with Gasteiger partial charge in [-0.15, -0.1) is 0 Å². The lowest BCUT2D eigenvalue weighted by molar-refractivity contribution is -0.121. The predicted molar refractivity (Wildman–Crippen MR) is 112 cm³/mol. The van der Waals surface area contributed by atoms with Gasteiger partial charge in [0, 0.05) is 35.6 Å². The lowest BCUT2D eigenvalue weighted by Gasteiger charge is -2.31. The second-order valence-corrected chi connectivity index (χ2v) is 8.02. The lowest BCUT2D eigenvalue weighted by Crippen LogP contribution is -2.44. The standard InChI is InChI=1S/C23H24N4O3/c28-22(24-17-10-8-15(9-11-17)20-7-3-13-30-20)16-4-2-12-27(14-16)23(29)21-18-5-1-6-19(18)25-26-21/h3,7-11,13,16H,1-2,4-6,12,14H2,(H,24,28)(H,25,26)/t16-/m1/s1. The molecule has 1 aromatic carbocycles. The highest BCUT2D eigenvalue weighted by Crippen LogP contribution is 2.27. The molecule has 2 N–H and O–H groups in total. The highest BCUT2D eigenvalue weighted by atomic mass is 16.3. The summed E-state index contributed by atoms with van der Waals surface area (Å²) in [6.07, 6.45) is 6.15. The highest BCUT2D eigenvalue weighted by molar-refractivity contribution is 5.96. The third kappa shape index (κ3) is 3.51. The second kappa shape index (κ2) is 7.82. The number of carbonyl (C=O) groups is 2. The average molecular weight is 404 g/mol. The van der Waals surface area contributed by atoms with Crippen molar-refractivity contribution in [2.75, 3.05) is 18.4 Å². The van der Waals surface area contributed by atoms with Crippen LogP contribution in [-0.2, 0) is 17.6 Å². The Balaban J connectivity index is 1.23. The van der Waals surface area contributed by atoms with Crippen molar-refractivity contribution in [2.45, 2.75) is 32.1 Å². The van der Waals surface area contributed by atoms with Crippen LogP contribution in [-0.4, -0.2) is 40.0 Å². The minimum atomic E-state index is -0.223. The fourth-order valence-electron chi connectivity index (χ4n) is 4.43. The van der Waals surface area contributed by atoms with E-state index in [0.717, 1.165) is 60.4 Å². The first-order chi connectivity index (χ1) is 14.7. The Labute approximate surface area is 174 Å².